The molecular weight excluding hydrogens is 256 g/mol. The highest BCUT2D eigenvalue weighted by Gasteiger charge is 2.24. The van der Waals surface area contributed by atoms with Crippen molar-refractivity contribution in [2.24, 2.45) is 0 Å². The third kappa shape index (κ3) is 2.80. The number of nitro groups is 1. The fraction of sp³-hybridized carbons (Fsp3) is 0.500. The molecule has 0 saturated carbocycles. The summed E-state index contributed by atoms with van der Waals surface area (Å²) in [6.07, 6.45) is 2.00. The van der Waals surface area contributed by atoms with Crippen molar-refractivity contribution in [1.29, 1.82) is 0 Å². The van der Waals surface area contributed by atoms with Crippen LogP contribution in [0.2, 0.25) is 5.02 Å². The number of halogens is 1. The van der Waals surface area contributed by atoms with Gasteiger partial charge in [-0.05, 0) is 31.0 Å². The minimum atomic E-state index is -0.423. The molecule has 1 atom stereocenters. The molecule has 1 heterocycles. The van der Waals surface area contributed by atoms with Crippen LogP contribution >= 0.6 is 11.6 Å². The Kier molecular flexibility index (Phi) is 4.16. The third-order valence-electron chi connectivity index (χ3n) is 3.32. The summed E-state index contributed by atoms with van der Waals surface area (Å²) in [5, 5.41) is 20.5. The summed E-state index contributed by atoms with van der Waals surface area (Å²) in [5.41, 5.74) is 0.792. The SMILES string of the molecule is O=[N+]([O-])c1ccc(Cl)c(CN2CCC[C@H]2CO)c1. The van der Waals surface area contributed by atoms with Gasteiger partial charge in [-0.2, -0.15) is 0 Å². The topological polar surface area (TPSA) is 66.6 Å². The first kappa shape index (κ1) is 13.3. The van der Waals surface area contributed by atoms with Gasteiger partial charge in [-0.15, -0.1) is 0 Å². The van der Waals surface area contributed by atoms with Gasteiger partial charge in [0.25, 0.3) is 5.69 Å². The minimum Gasteiger partial charge on any atom is -0.395 e. The lowest BCUT2D eigenvalue weighted by molar-refractivity contribution is -0.384. The van der Waals surface area contributed by atoms with Crippen LogP contribution in [-0.4, -0.2) is 34.1 Å². The average Bonchev–Trinajstić information content (AvgIpc) is 2.79. The molecule has 1 fully saturated rings. The molecule has 1 saturated heterocycles. The van der Waals surface area contributed by atoms with Crippen LogP contribution < -0.4 is 0 Å². The Labute approximate surface area is 110 Å². The van der Waals surface area contributed by atoms with Crippen molar-refractivity contribution >= 4 is 17.3 Å². The number of aliphatic hydroxyl groups is 1. The summed E-state index contributed by atoms with van der Waals surface area (Å²) < 4.78 is 0. The number of nitro benzene ring substituents is 1. The molecule has 0 aliphatic carbocycles. The first-order valence-electron chi connectivity index (χ1n) is 5.89. The fourth-order valence-corrected chi connectivity index (χ4v) is 2.50. The van der Waals surface area contributed by atoms with Crippen LogP contribution in [0.4, 0.5) is 5.69 Å². The van der Waals surface area contributed by atoms with Crippen LogP contribution in [0.3, 0.4) is 0 Å². The summed E-state index contributed by atoms with van der Waals surface area (Å²) in [7, 11) is 0. The quantitative estimate of drug-likeness (QED) is 0.673. The van der Waals surface area contributed by atoms with Gasteiger partial charge in [0.2, 0.25) is 0 Å². The van der Waals surface area contributed by atoms with E-state index in [0.29, 0.717) is 11.6 Å². The van der Waals surface area contributed by atoms with Crippen molar-refractivity contribution in [1.82, 2.24) is 4.90 Å². The zero-order valence-electron chi connectivity index (χ0n) is 9.88. The Morgan fingerprint density at radius 1 is 1.56 bits per heavy atom. The van der Waals surface area contributed by atoms with Crippen molar-refractivity contribution in [3.8, 4) is 0 Å². The Balaban J connectivity index is 2.17. The lowest BCUT2D eigenvalue weighted by atomic mass is 10.1. The lowest BCUT2D eigenvalue weighted by Crippen LogP contribution is -2.31. The van der Waals surface area contributed by atoms with Crippen LogP contribution in [0, 0.1) is 10.1 Å². The van der Waals surface area contributed by atoms with Crippen LogP contribution in [-0.2, 0) is 6.54 Å². The Hall–Kier alpha value is -1.17. The van der Waals surface area contributed by atoms with E-state index >= 15 is 0 Å². The Morgan fingerprint density at radius 3 is 3.00 bits per heavy atom. The van der Waals surface area contributed by atoms with E-state index in [2.05, 4.69) is 4.90 Å². The van der Waals surface area contributed by atoms with Gasteiger partial charge in [0, 0.05) is 29.7 Å². The van der Waals surface area contributed by atoms with E-state index < -0.39 is 4.92 Å². The monoisotopic (exact) mass is 270 g/mol. The van der Waals surface area contributed by atoms with E-state index in [1.54, 1.807) is 6.07 Å². The molecule has 6 heteroatoms. The maximum Gasteiger partial charge on any atom is 0.269 e. The molecule has 0 radical (unpaired) electrons. The maximum atomic E-state index is 10.7. The van der Waals surface area contributed by atoms with Crippen molar-refractivity contribution < 1.29 is 10.0 Å². The number of hydrogen-bond acceptors (Lipinski definition) is 4. The van der Waals surface area contributed by atoms with Crippen LogP contribution in [0.5, 0.6) is 0 Å². The molecule has 0 amide bonds. The number of aliphatic hydroxyl groups excluding tert-OH is 1. The van der Waals surface area contributed by atoms with Gasteiger partial charge < -0.3 is 5.11 Å². The molecular formula is C12H15ClN2O3. The van der Waals surface area contributed by atoms with E-state index in [1.165, 1.54) is 12.1 Å². The van der Waals surface area contributed by atoms with E-state index in [0.717, 1.165) is 24.9 Å². The molecule has 0 aromatic heterocycles. The molecule has 1 aromatic rings. The summed E-state index contributed by atoms with van der Waals surface area (Å²) in [5.74, 6) is 0. The molecule has 18 heavy (non-hydrogen) atoms. The number of rotatable bonds is 4. The largest absolute Gasteiger partial charge is 0.395 e. The van der Waals surface area contributed by atoms with Gasteiger partial charge in [-0.25, -0.2) is 0 Å². The molecule has 1 N–H and O–H groups in total. The van der Waals surface area contributed by atoms with Crippen molar-refractivity contribution in [3.63, 3.8) is 0 Å². The number of hydrogen-bond donors (Lipinski definition) is 1. The minimum absolute atomic E-state index is 0.0501. The number of benzene rings is 1. The van der Waals surface area contributed by atoms with Gasteiger partial charge >= 0.3 is 0 Å². The maximum absolute atomic E-state index is 10.7. The van der Waals surface area contributed by atoms with Gasteiger partial charge in [0.1, 0.15) is 0 Å². The van der Waals surface area contributed by atoms with Gasteiger partial charge in [-0.3, -0.25) is 15.0 Å². The van der Waals surface area contributed by atoms with Crippen LogP contribution in [0.25, 0.3) is 0 Å². The van der Waals surface area contributed by atoms with E-state index in [4.69, 9.17) is 11.6 Å². The normalized spacial score (nSPS) is 20.2. The number of likely N-dealkylation sites (tertiary alicyclic amines) is 1. The predicted molar refractivity (Wildman–Crippen MR) is 68.6 cm³/mol. The zero-order chi connectivity index (χ0) is 13.1. The molecule has 2 rings (SSSR count). The van der Waals surface area contributed by atoms with Crippen LogP contribution in [0.15, 0.2) is 18.2 Å². The van der Waals surface area contributed by atoms with Crippen molar-refractivity contribution in [3.05, 3.63) is 38.9 Å². The summed E-state index contributed by atoms with van der Waals surface area (Å²) in [6, 6.07) is 4.60. The van der Waals surface area contributed by atoms with Gasteiger partial charge in [0.15, 0.2) is 0 Å². The highest BCUT2D eigenvalue weighted by atomic mass is 35.5. The summed E-state index contributed by atoms with van der Waals surface area (Å²) in [4.78, 5) is 12.4. The highest BCUT2D eigenvalue weighted by Crippen LogP contribution is 2.26. The first-order valence-corrected chi connectivity index (χ1v) is 6.27. The summed E-state index contributed by atoms with van der Waals surface area (Å²) in [6.45, 7) is 1.56. The molecule has 98 valence electrons. The van der Waals surface area contributed by atoms with Gasteiger partial charge in [-0.1, -0.05) is 11.6 Å². The molecule has 0 unspecified atom stereocenters. The summed E-state index contributed by atoms with van der Waals surface area (Å²) >= 11 is 6.06. The fourth-order valence-electron chi connectivity index (χ4n) is 2.32. The zero-order valence-corrected chi connectivity index (χ0v) is 10.6. The number of non-ortho nitro benzene ring substituents is 1. The molecule has 1 aliphatic rings. The second kappa shape index (κ2) is 5.65. The second-order valence-electron chi connectivity index (χ2n) is 4.48. The van der Waals surface area contributed by atoms with Gasteiger partial charge in [0.05, 0.1) is 11.5 Å². The van der Waals surface area contributed by atoms with Crippen molar-refractivity contribution in [2.45, 2.75) is 25.4 Å². The van der Waals surface area contributed by atoms with E-state index in [9.17, 15) is 15.2 Å². The molecule has 5 nitrogen and oxygen atoms in total. The molecule has 0 bridgehead atoms. The third-order valence-corrected chi connectivity index (χ3v) is 3.69. The number of nitrogens with zero attached hydrogens (tertiary/aromatic N) is 2. The standard InChI is InChI=1S/C12H15ClN2O3/c13-12-4-3-10(15(17)18)6-9(12)7-14-5-1-2-11(14)8-16/h3-4,6,11,16H,1-2,5,7-8H2/t11-/m0/s1. The molecule has 0 spiro atoms. The highest BCUT2D eigenvalue weighted by molar-refractivity contribution is 6.31. The first-order chi connectivity index (χ1) is 8.61. The van der Waals surface area contributed by atoms with E-state index in [-0.39, 0.29) is 18.3 Å². The second-order valence-corrected chi connectivity index (χ2v) is 4.89. The van der Waals surface area contributed by atoms with Crippen LogP contribution in [0.1, 0.15) is 18.4 Å². The average molecular weight is 271 g/mol. The smallest absolute Gasteiger partial charge is 0.269 e. The molecule has 1 aromatic carbocycles. The Bertz CT molecular complexity index is 453. The predicted octanol–water partition coefficient (Wildman–Crippen LogP) is 2.20. The lowest BCUT2D eigenvalue weighted by Gasteiger charge is -2.22. The Morgan fingerprint density at radius 2 is 2.33 bits per heavy atom. The van der Waals surface area contributed by atoms with E-state index in [1.807, 2.05) is 0 Å². The molecule has 1 aliphatic heterocycles. The van der Waals surface area contributed by atoms with Crippen molar-refractivity contribution in [2.75, 3.05) is 13.2 Å².